The van der Waals surface area contributed by atoms with E-state index < -0.39 is 0 Å². The summed E-state index contributed by atoms with van der Waals surface area (Å²) in [5.41, 5.74) is 1.52. The van der Waals surface area contributed by atoms with Crippen molar-refractivity contribution in [1.29, 1.82) is 0 Å². The number of carbonyl (C=O) groups excluding carboxylic acids is 1. The minimum absolute atomic E-state index is 0.399. The third-order valence-corrected chi connectivity index (χ3v) is 3.11. The van der Waals surface area contributed by atoms with Gasteiger partial charge in [0.2, 0.25) is 0 Å². The first-order chi connectivity index (χ1) is 8.74. The van der Waals surface area contributed by atoms with Gasteiger partial charge in [-0.05, 0) is 25.1 Å². The molecule has 0 saturated heterocycles. The number of hydrogen-bond donors (Lipinski definition) is 0. The minimum Gasteiger partial charge on any atom is -0.487 e. The molecule has 1 heterocycles. The van der Waals surface area contributed by atoms with Crippen LogP contribution in [0.4, 0.5) is 0 Å². The normalized spacial score (nSPS) is 10.3. The van der Waals surface area contributed by atoms with Crippen LogP contribution in [0.1, 0.15) is 23.0 Å². The average molecular weight is 309 g/mol. The molecule has 5 heteroatoms. The zero-order chi connectivity index (χ0) is 13.0. The lowest BCUT2D eigenvalue weighted by Crippen LogP contribution is -2.04. The monoisotopic (exact) mass is 308 g/mol. The van der Waals surface area contributed by atoms with Gasteiger partial charge in [-0.25, -0.2) is 4.98 Å². The van der Waals surface area contributed by atoms with Gasteiger partial charge in [-0.2, -0.15) is 0 Å². The molecule has 0 saturated carbocycles. The lowest BCUT2D eigenvalue weighted by molar-refractivity contribution is 0.111. The molecular weight excluding hydrogens is 296 g/mol. The van der Waals surface area contributed by atoms with Crippen LogP contribution in [0.2, 0.25) is 0 Å². The molecule has 0 radical (unpaired) electrons. The summed E-state index contributed by atoms with van der Waals surface area (Å²) in [6.45, 7) is 3.29. The molecule has 0 amide bonds. The molecule has 2 aromatic rings. The van der Waals surface area contributed by atoms with Gasteiger partial charge in [0.05, 0.1) is 23.8 Å². The smallest absolute Gasteiger partial charge is 0.153 e. The molecule has 0 spiro atoms. The van der Waals surface area contributed by atoms with Crippen molar-refractivity contribution in [3.8, 4) is 5.75 Å². The number of hydrogen-bond acceptors (Lipinski definition) is 3. The molecule has 0 fully saturated rings. The highest BCUT2D eigenvalue weighted by atomic mass is 79.9. The SMILES string of the molecule is CCn1cncc1COc1ccc(Br)cc1C=O. The van der Waals surface area contributed by atoms with Gasteiger partial charge in [-0.15, -0.1) is 0 Å². The number of carbonyl (C=O) groups is 1. The van der Waals surface area contributed by atoms with Crippen LogP contribution in [0.15, 0.2) is 35.2 Å². The summed E-state index contributed by atoms with van der Waals surface area (Å²) < 4.78 is 8.51. The number of ether oxygens (including phenoxy) is 1. The fourth-order valence-electron chi connectivity index (χ4n) is 1.65. The van der Waals surface area contributed by atoms with Gasteiger partial charge in [0, 0.05) is 11.0 Å². The number of aryl methyl sites for hydroxylation is 1. The van der Waals surface area contributed by atoms with Crippen molar-refractivity contribution in [3.05, 3.63) is 46.5 Å². The van der Waals surface area contributed by atoms with Crippen LogP contribution in [0.3, 0.4) is 0 Å². The van der Waals surface area contributed by atoms with E-state index in [9.17, 15) is 4.79 Å². The predicted molar refractivity (Wildman–Crippen MR) is 71.8 cm³/mol. The molecular formula is C13H13BrN2O2. The average Bonchev–Trinajstić information content (AvgIpc) is 2.84. The number of imidazole rings is 1. The summed E-state index contributed by atoms with van der Waals surface area (Å²) in [7, 11) is 0. The van der Waals surface area contributed by atoms with Crippen LogP contribution in [0.25, 0.3) is 0 Å². The van der Waals surface area contributed by atoms with Gasteiger partial charge < -0.3 is 9.30 Å². The van der Waals surface area contributed by atoms with Gasteiger partial charge >= 0.3 is 0 Å². The van der Waals surface area contributed by atoms with Crippen molar-refractivity contribution >= 4 is 22.2 Å². The quantitative estimate of drug-likeness (QED) is 0.797. The zero-order valence-corrected chi connectivity index (χ0v) is 11.6. The van der Waals surface area contributed by atoms with E-state index in [0.29, 0.717) is 17.9 Å². The summed E-state index contributed by atoms with van der Waals surface area (Å²) in [5.74, 6) is 0.581. The first kappa shape index (κ1) is 12.8. The van der Waals surface area contributed by atoms with Crippen molar-refractivity contribution in [3.63, 3.8) is 0 Å². The Morgan fingerprint density at radius 3 is 3.06 bits per heavy atom. The van der Waals surface area contributed by atoms with Gasteiger partial charge in [0.15, 0.2) is 6.29 Å². The Kier molecular flexibility index (Phi) is 4.15. The van der Waals surface area contributed by atoms with E-state index in [1.54, 1.807) is 24.7 Å². The number of nitrogens with zero attached hydrogens (tertiary/aromatic N) is 2. The van der Waals surface area contributed by atoms with E-state index in [4.69, 9.17) is 4.74 Å². The third kappa shape index (κ3) is 2.79. The summed E-state index contributed by atoms with van der Waals surface area (Å²) in [6, 6.07) is 5.36. The van der Waals surface area contributed by atoms with Crippen LogP contribution >= 0.6 is 15.9 Å². The molecule has 1 aromatic carbocycles. The topological polar surface area (TPSA) is 44.1 Å². The molecule has 94 valence electrons. The Labute approximate surface area is 114 Å². The number of rotatable bonds is 5. The molecule has 0 N–H and O–H groups in total. The van der Waals surface area contributed by atoms with Crippen molar-refractivity contribution in [2.45, 2.75) is 20.1 Å². The molecule has 0 aliphatic heterocycles. The molecule has 0 aliphatic rings. The highest BCUT2D eigenvalue weighted by Crippen LogP contribution is 2.22. The van der Waals surface area contributed by atoms with E-state index in [0.717, 1.165) is 23.0 Å². The molecule has 2 rings (SSSR count). The van der Waals surface area contributed by atoms with Crippen LogP contribution in [-0.4, -0.2) is 15.8 Å². The van der Waals surface area contributed by atoms with Crippen LogP contribution in [0.5, 0.6) is 5.75 Å². The molecule has 0 atom stereocenters. The lowest BCUT2D eigenvalue weighted by atomic mass is 10.2. The van der Waals surface area contributed by atoms with Gasteiger partial charge in [-0.1, -0.05) is 15.9 Å². The summed E-state index contributed by atoms with van der Waals surface area (Å²) in [5, 5.41) is 0. The van der Waals surface area contributed by atoms with Crippen molar-refractivity contribution in [2.24, 2.45) is 0 Å². The molecule has 0 unspecified atom stereocenters. The molecule has 0 bridgehead atoms. The van der Waals surface area contributed by atoms with Crippen molar-refractivity contribution in [1.82, 2.24) is 9.55 Å². The van der Waals surface area contributed by atoms with E-state index in [1.165, 1.54) is 0 Å². The fourth-order valence-corrected chi connectivity index (χ4v) is 2.03. The van der Waals surface area contributed by atoms with Crippen LogP contribution < -0.4 is 4.74 Å². The number of aromatic nitrogens is 2. The van der Waals surface area contributed by atoms with Gasteiger partial charge in [-0.3, -0.25) is 4.79 Å². The van der Waals surface area contributed by atoms with Gasteiger partial charge in [0.25, 0.3) is 0 Å². The second kappa shape index (κ2) is 5.82. The Hall–Kier alpha value is -1.62. The molecule has 0 aliphatic carbocycles. The Bertz CT molecular complexity index is 552. The summed E-state index contributed by atoms with van der Waals surface area (Å²) in [6.07, 6.45) is 4.32. The molecule has 4 nitrogen and oxygen atoms in total. The Morgan fingerprint density at radius 2 is 2.33 bits per heavy atom. The summed E-state index contributed by atoms with van der Waals surface area (Å²) >= 11 is 3.32. The van der Waals surface area contributed by atoms with Crippen LogP contribution in [0, 0.1) is 0 Å². The maximum Gasteiger partial charge on any atom is 0.153 e. The number of benzene rings is 1. The Balaban J connectivity index is 2.13. The maximum atomic E-state index is 10.9. The number of aldehydes is 1. The lowest BCUT2D eigenvalue weighted by Gasteiger charge is -2.09. The first-order valence-corrected chi connectivity index (χ1v) is 6.40. The van der Waals surface area contributed by atoms with Gasteiger partial charge in [0.1, 0.15) is 12.4 Å². The van der Waals surface area contributed by atoms with Crippen LogP contribution in [-0.2, 0) is 13.2 Å². The largest absolute Gasteiger partial charge is 0.487 e. The second-order valence-corrected chi connectivity index (χ2v) is 4.68. The van der Waals surface area contributed by atoms with E-state index in [-0.39, 0.29) is 0 Å². The third-order valence-electron chi connectivity index (χ3n) is 2.61. The standard InChI is InChI=1S/C13H13BrN2O2/c1-2-16-9-15-6-12(16)8-18-13-4-3-11(14)5-10(13)7-17/h3-7,9H,2,8H2,1H3. The first-order valence-electron chi connectivity index (χ1n) is 5.61. The fraction of sp³-hybridized carbons (Fsp3) is 0.231. The second-order valence-electron chi connectivity index (χ2n) is 3.76. The summed E-state index contributed by atoms with van der Waals surface area (Å²) in [4.78, 5) is 15.0. The molecule has 18 heavy (non-hydrogen) atoms. The highest BCUT2D eigenvalue weighted by Gasteiger charge is 2.06. The predicted octanol–water partition coefficient (Wildman–Crippen LogP) is 3.06. The van der Waals surface area contributed by atoms with E-state index in [1.807, 2.05) is 17.6 Å². The van der Waals surface area contributed by atoms with E-state index in [2.05, 4.69) is 20.9 Å². The van der Waals surface area contributed by atoms with Crippen molar-refractivity contribution < 1.29 is 9.53 Å². The van der Waals surface area contributed by atoms with Crippen molar-refractivity contribution in [2.75, 3.05) is 0 Å². The minimum atomic E-state index is 0.399. The highest BCUT2D eigenvalue weighted by molar-refractivity contribution is 9.10. The Morgan fingerprint density at radius 1 is 1.50 bits per heavy atom. The van der Waals surface area contributed by atoms with E-state index >= 15 is 0 Å². The maximum absolute atomic E-state index is 10.9. The zero-order valence-electron chi connectivity index (χ0n) is 9.97. The molecule has 1 aromatic heterocycles. The number of halogens is 1.